The Morgan fingerprint density at radius 2 is 1.85 bits per heavy atom. The lowest BCUT2D eigenvalue weighted by Crippen LogP contribution is -2.46. The summed E-state index contributed by atoms with van der Waals surface area (Å²) in [7, 11) is 0. The van der Waals surface area contributed by atoms with Crippen LogP contribution in [0.4, 0.5) is 0 Å². The molecule has 2 unspecified atom stereocenters. The monoisotopic (exact) mass is 281 g/mol. The number of aryl methyl sites for hydroxylation is 1. The van der Waals surface area contributed by atoms with Crippen LogP contribution in [0, 0.1) is 5.92 Å². The van der Waals surface area contributed by atoms with E-state index in [1.54, 1.807) is 12.1 Å². The fourth-order valence-electron chi connectivity index (χ4n) is 2.31. The molecule has 1 rings (SSSR count). The Labute approximate surface area is 119 Å². The molecule has 0 heterocycles. The van der Waals surface area contributed by atoms with Crippen molar-refractivity contribution in [3.63, 3.8) is 0 Å². The van der Waals surface area contributed by atoms with E-state index in [1.807, 2.05) is 6.92 Å². The van der Waals surface area contributed by atoms with E-state index in [0.29, 0.717) is 12.8 Å². The first-order valence-corrected chi connectivity index (χ1v) is 6.78. The molecule has 112 valence electrons. The Morgan fingerprint density at radius 1 is 1.30 bits per heavy atom. The number of carboxylic acids is 1. The Balaban J connectivity index is 2.63. The van der Waals surface area contributed by atoms with Crippen molar-refractivity contribution in [2.75, 3.05) is 0 Å². The second-order valence-electron chi connectivity index (χ2n) is 5.60. The number of phenols is 2. The summed E-state index contributed by atoms with van der Waals surface area (Å²) in [4.78, 5) is 11.0. The maximum Gasteiger partial charge on any atom is 0.323 e. The molecule has 5 N–H and O–H groups in total. The molecule has 0 fully saturated rings. The van der Waals surface area contributed by atoms with E-state index in [4.69, 9.17) is 10.8 Å². The van der Waals surface area contributed by atoms with Crippen LogP contribution in [0.1, 0.15) is 38.7 Å². The largest absolute Gasteiger partial charge is 0.508 e. The highest BCUT2D eigenvalue weighted by Crippen LogP contribution is 2.26. The molecule has 1 aromatic carbocycles. The minimum atomic E-state index is -1.22. The Kier molecular flexibility index (Phi) is 5.39. The van der Waals surface area contributed by atoms with E-state index in [1.165, 1.54) is 13.0 Å². The number of aliphatic carboxylic acids is 1. The highest BCUT2D eigenvalue weighted by atomic mass is 16.4. The quantitative estimate of drug-likeness (QED) is 0.613. The molecule has 0 aliphatic heterocycles. The number of benzene rings is 1. The molecule has 20 heavy (non-hydrogen) atoms. The first-order valence-electron chi connectivity index (χ1n) is 6.78. The van der Waals surface area contributed by atoms with Crippen molar-refractivity contribution >= 4 is 5.97 Å². The number of nitrogens with two attached hydrogens (primary N) is 1. The first kappa shape index (κ1) is 16.3. The molecule has 5 nitrogen and oxygen atoms in total. The van der Waals surface area contributed by atoms with Crippen LogP contribution < -0.4 is 5.73 Å². The standard InChI is InChI=1S/C15H23NO4/c1-3-10(9-15(2,16)14(19)20)4-5-11-6-12(17)8-13(18)7-11/h6-8,10,17-18H,3-5,9,16H2,1-2H3,(H,19,20). The van der Waals surface area contributed by atoms with Crippen molar-refractivity contribution in [1.29, 1.82) is 0 Å². The van der Waals surface area contributed by atoms with Gasteiger partial charge < -0.3 is 21.1 Å². The SMILES string of the molecule is CCC(CCc1cc(O)cc(O)c1)CC(C)(N)C(=O)O. The van der Waals surface area contributed by atoms with Gasteiger partial charge >= 0.3 is 5.97 Å². The van der Waals surface area contributed by atoms with Crippen LogP contribution in [0.5, 0.6) is 11.5 Å². The van der Waals surface area contributed by atoms with Crippen molar-refractivity contribution in [3.05, 3.63) is 23.8 Å². The topological polar surface area (TPSA) is 104 Å². The van der Waals surface area contributed by atoms with Gasteiger partial charge in [-0.2, -0.15) is 0 Å². The minimum absolute atomic E-state index is 0.0299. The van der Waals surface area contributed by atoms with E-state index in [2.05, 4.69) is 0 Å². The fourth-order valence-corrected chi connectivity index (χ4v) is 2.31. The van der Waals surface area contributed by atoms with Gasteiger partial charge in [-0.25, -0.2) is 0 Å². The third-order valence-corrected chi connectivity index (χ3v) is 3.58. The summed E-state index contributed by atoms with van der Waals surface area (Å²) in [5.41, 5.74) is 5.38. The van der Waals surface area contributed by atoms with Gasteiger partial charge in [0.1, 0.15) is 17.0 Å². The van der Waals surface area contributed by atoms with Gasteiger partial charge in [0.05, 0.1) is 0 Å². The zero-order valence-corrected chi connectivity index (χ0v) is 12.0. The van der Waals surface area contributed by atoms with Crippen molar-refractivity contribution in [3.8, 4) is 11.5 Å². The number of aromatic hydroxyl groups is 2. The maximum atomic E-state index is 11.0. The van der Waals surface area contributed by atoms with Gasteiger partial charge in [-0.3, -0.25) is 4.79 Å². The summed E-state index contributed by atoms with van der Waals surface area (Å²) >= 11 is 0. The van der Waals surface area contributed by atoms with Gasteiger partial charge in [0.2, 0.25) is 0 Å². The maximum absolute atomic E-state index is 11.0. The van der Waals surface area contributed by atoms with E-state index in [0.717, 1.165) is 18.4 Å². The molecule has 0 aliphatic carbocycles. The number of hydrogen-bond donors (Lipinski definition) is 4. The average Bonchev–Trinajstić information content (AvgIpc) is 2.33. The van der Waals surface area contributed by atoms with Crippen LogP contribution in [-0.4, -0.2) is 26.8 Å². The first-order chi connectivity index (χ1) is 9.24. The zero-order valence-electron chi connectivity index (χ0n) is 12.0. The third kappa shape index (κ3) is 4.74. The lowest BCUT2D eigenvalue weighted by atomic mass is 9.85. The molecule has 5 heteroatoms. The van der Waals surface area contributed by atoms with Crippen LogP contribution in [0.2, 0.25) is 0 Å². The zero-order chi connectivity index (χ0) is 15.3. The Hall–Kier alpha value is -1.75. The van der Waals surface area contributed by atoms with Gasteiger partial charge in [-0.05, 0) is 49.8 Å². The van der Waals surface area contributed by atoms with Gasteiger partial charge in [0.25, 0.3) is 0 Å². The van der Waals surface area contributed by atoms with Gasteiger partial charge in [0, 0.05) is 6.07 Å². The van der Waals surface area contributed by atoms with Gasteiger partial charge in [0.15, 0.2) is 0 Å². The van der Waals surface area contributed by atoms with Gasteiger partial charge in [-0.1, -0.05) is 13.3 Å². The number of carbonyl (C=O) groups is 1. The van der Waals surface area contributed by atoms with Crippen LogP contribution in [-0.2, 0) is 11.2 Å². The van der Waals surface area contributed by atoms with Crippen LogP contribution in [0.15, 0.2) is 18.2 Å². The number of rotatable bonds is 7. The summed E-state index contributed by atoms with van der Waals surface area (Å²) in [5, 5.41) is 27.9. The third-order valence-electron chi connectivity index (χ3n) is 3.58. The van der Waals surface area contributed by atoms with Gasteiger partial charge in [-0.15, -0.1) is 0 Å². The molecule has 0 aromatic heterocycles. The molecule has 0 radical (unpaired) electrons. The summed E-state index contributed by atoms with van der Waals surface area (Å²) in [6.07, 6.45) is 2.67. The second-order valence-corrected chi connectivity index (χ2v) is 5.60. The molecule has 0 aliphatic rings. The summed E-state index contributed by atoms with van der Waals surface area (Å²) in [6, 6.07) is 4.48. The number of hydrogen-bond acceptors (Lipinski definition) is 4. The Morgan fingerprint density at radius 3 is 2.30 bits per heavy atom. The molecule has 0 saturated heterocycles. The molecule has 0 amide bonds. The molecule has 2 atom stereocenters. The van der Waals surface area contributed by atoms with Crippen LogP contribution in [0.25, 0.3) is 0 Å². The normalized spacial score (nSPS) is 15.6. The summed E-state index contributed by atoms with van der Waals surface area (Å²) in [5.74, 6) is -0.749. The summed E-state index contributed by atoms with van der Waals surface area (Å²) < 4.78 is 0. The lowest BCUT2D eigenvalue weighted by Gasteiger charge is -2.25. The van der Waals surface area contributed by atoms with Crippen molar-refractivity contribution in [1.82, 2.24) is 0 Å². The summed E-state index contributed by atoms with van der Waals surface area (Å²) in [6.45, 7) is 3.53. The molecule has 0 saturated carbocycles. The molecular weight excluding hydrogens is 258 g/mol. The molecule has 1 aromatic rings. The van der Waals surface area contributed by atoms with E-state index in [9.17, 15) is 15.0 Å². The fraction of sp³-hybridized carbons (Fsp3) is 0.533. The predicted octanol–water partition coefficient (Wildman–Crippen LogP) is 2.25. The number of carboxylic acid groups (broad SMARTS) is 1. The number of phenolic OH excluding ortho intramolecular Hbond substituents is 2. The van der Waals surface area contributed by atoms with Crippen LogP contribution >= 0.6 is 0 Å². The van der Waals surface area contributed by atoms with E-state index in [-0.39, 0.29) is 17.4 Å². The lowest BCUT2D eigenvalue weighted by molar-refractivity contribution is -0.143. The van der Waals surface area contributed by atoms with Crippen molar-refractivity contribution in [2.45, 2.75) is 45.1 Å². The predicted molar refractivity (Wildman–Crippen MR) is 76.7 cm³/mol. The average molecular weight is 281 g/mol. The molecule has 0 spiro atoms. The smallest absolute Gasteiger partial charge is 0.323 e. The van der Waals surface area contributed by atoms with Crippen molar-refractivity contribution in [2.24, 2.45) is 11.7 Å². The van der Waals surface area contributed by atoms with Crippen LogP contribution in [0.3, 0.4) is 0 Å². The highest BCUT2D eigenvalue weighted by molar-refractivity contribution is 5.77. The highest BCUT2D eigenvalue weighted by Gasteiger charge is 2.30. The minimum Gasteiger partial charge on any atom is -0.508 e. The molecule has 0 bridgehead atoms. The van der Waals surface area contributed by atoms with Crippen molar-refractivity contribution < 1.29 is 20.1 Å². The second kappa shape index (κ2) is 6.61. The van der Waals surface area contributed by atoms with E-state index < -0.39 is 11.5 Å². The molecular formula is C15H23NO4. The van der Waals surface area contributed by atoms with E-state index >= 15 is 0 Å². The Bertz CT molecular complexity index is 451.